The lowest BCUT2D eigenvalue weighted by Gasteiger charge is -2.32. The Bertz CT molecular complexity index is 637. The Morgan fingerprint density at radius 1 is 1.11 bits per heavy atom. The van der Waals surface area contributed by atoms with Crippen LogP contribution in [0.4, 0.5) is 10.5 Å². The van der Waals surface area contributed by atoms with Gasteiger partial charge >= 0.3 is 13.2 Å². The molecule has 1 N–H and O–H groups in total. The minimum atomic E-state index is -0.487. The van der Waals surface area contributed by atoms with E-state index < -0.39 is 11.7 Å². The van der Waals surface area contributed by atoms with Gasteiger partial charge in [0, 0.05) is 25.8 Å². The fraction of sp³-hybridized carbons (Fsp3) is 0.650. The van der Waals surface area contributed by atoms with Crippen molar-refractivity contribution in [2.75, 3.05) is 25.0 Å². The maximum Gasteiger partial charge on any atom is 0.494 e. The van der Waals surface area contributed by atoms with Crippen LogP contribution in [0.25, 0.3) is 0 Å². The molecule has 1 heterocycles. The van der Waals surface area contributed by atoms with Crippen molar-refractivity contribution in [2.24, 2.45) is 0 Å². The molecule has 7 heteroatoms. The number of alkyl carbamates (subject to hydrolysis) is 1. The molecular weight excluding hydrogens is 343 g/mol. The Balaban J connectivity index is 1.87. The molecule has 1 amide bonds. The van der Waals surface area contributed by atoms with Crippen LogP contribution in [0.15, 0.2) is 24.3 Å². The third-order valence-corrected chi connectivity index (χ3v) is 4.97. The first-order valence-electron chi connectivity index (χ1n) is 9.44. The van der Waals surface area contributed by atoms with E-state index in [1.807, 2.05) is 79.8 Å². The Labute approximate surface area is 163 Å². The average Bonchev–Trinajstić information content (AvgIpc) is 2.73. The second-order valence-electron chi connectivity index (χ2n) is 9.03. The maximum absolute atomic E-state index is 11.7. The number of rotatable bonds is 5. The predicted octanol–water partition coefficient (Wildman–Crippen LogP) is 2.95. The molecule has 1 aromatic carbocycles. The number of carbonyl (C=O) groups is 1. The lowest BCUT2D eigenvalue weighted by molar-refractivity contribution is 0.00578. The fourth-order valence-corrected chi connectivity index (χ4v) is 2.63. The molecule has 0 aliphatic carbocycles. The topological polar surface area (TPSA) is 60.0 Å². The highest BCUT2D eigenvalue weighted by molar-refractivity contribution is 6.62. The highest BCUT2D eigenvalue weighted by atomic mass is 16.7. The minimum absolute atomic E-state index is 0.347. The number of likely N-dealkylation sites (N-methyl/N-ethyl adjacent to an activating group) is 1. The summed E-state index contributed by atoms with van der Waals surface area (Å²) in [6, 6.07) is 8.12. The predicted molar refractivity (Wildman–Crippen MR) is 110 cm³/mol. The Hall–Kier alpha value is -1.73. The van der Waals surface area contributed by atoms with E-state index >= 15 is 0 Å². The van der Waals surface area contributed by atoms with Crippen LogP contribution in [0.1, 0.15) is 48.5 Å². The summed E-state index contributed by atoms with van der Waals surface area (Å²) in [5.74, 6) is 0. The van der Waals surface area contributed by atoms with Gasteiger partial charge in [-0.2, -0.15) is 0 Å². The molecule has 1 fully saturated rings. The highest BCUT2D eigenvalue weighted by Gasteiger charge is 2.51. The number of hydrogen-bond acceptors (Lipinski definition) is 5. The number of anilines is 1. The van der Waals surface area contributed by atoms with Gasteiger partial charge in [-0.3, -0.25) is 0 Å². The largest absolute Gasteiger partial charge is 0.494 e. The van der Waals surface area contributed by atoms with Gasteiger partial charge < -0.3 is 24.3 Å². The summed E-state index contributed by atoms with van der Waals surface area (Å²) < 4.78 is 17.4. The van der Waals surface area contributed by atoms with Gasteiger partial charge in [0.15, 0.2) is 0 Å². The summed E-state index contributed by atoms with van der Waals surface area (Å²) in [5, 5.41) is 2.77. The average molecular weight is 376 g/mol. The van der Waals surface area contributed by atoms with E-state index in [2.05, 4.69) is 10.2 Å². The second-order valence-corrected chi connectivity index (χ2v) is 9.03. The zero-order chi connectivity index (χ0) is 20.5. The molecule has 0 radical (unpaired) electrons. The van der Waals surface area contributed by atoms with Gasteiger partial charge in [0.05, 0.1) is 11.2 Å². The van der Waals surface area contributed by atoms with Crippen LogP contribution >= 0.6 is 0 Å². The van der Waals surface area contributed by atoms with E-state index in [0.29, 0.717) is 13.1 Å². The van der Waals surface area contributed by atoms with Gasteiger partial charge in [0.1, 0.15) is 5.60 Å². The zero-order valence-electron chi connectivity index (χ0n) is 17.9. The highest BCUT2D eigenvalue weighted by Crippen LogP contribution is 2.36. The lowest BCUT2D eigenvalue weighted by atomic mass is 9.79. The molecule has 1 aliphatic rings. The molecule has 0 atom stereocenters. The monoisotopic (exact) mass is 376 g/mol. The Morgan fingerprint density at radius 2 is 1.63 bits per heavy atom. The molecular formula is C20H33BN2O4. The molecule has 1 aromatic rings. The molecule has 2 rings (SSSR count). The summed E-state index contributed by atoms with van der Waals surface area (Å²) >= 11 is 0. The summed E-state index contributed by atoms with van der Waals surface area (Å²) in [5.41, 5.74) is 0.874. The van der Waals surface area contributed by atoms with E-state index in [1.54, 1.807) is 0 Å². The third-order valence-electron chi connectivity index (χ3n) is 4.97. The van der Waals surface area contributed by atoms with Crippen molar-refractivity contribution in [1.29, 1.82) is 0 Å². The van der Waals surface area contributed by atoms with Crippen LogP contribution in [0, 0.1) is 0 Å². The van der Waals surface area contributed by atoms with Gasteiger partial charge in [-0.15, -0.1) is 0 Å². The van der Waals surface area contributed by atoms with Crippen molar-refractivity contribution in [2.45, 2.75) is 65.3 Å². The molecule has 0 saturated carbocycles. The number of nitrogens with zero attached hydrogens (tertiary/aromatic N) is 1. The van der Waals surface area contributed by atoms with Crippen LogP contribution in [0.3, 0.4) is 0 Å². The van der Waals surface area contributed by atoms with E-state index in [1.165, 1.54) is 0 Å². The van der Waals surface area contributed by atoms with Crippen LogP contribution in [0.2, 0.25) is 0 Å². The van der Waals surface area contributed by atoms with Crippen molar-refractivity contribution >= 4 is 24.4 Å². The number of ether oxygens (including phenoxy) is 1. The summed E-state index contributed by atoms with van der Waals surface area (Å²) in [7, 11) is 1.63. The standard InChI is InChI=1S/C20H33BN2O4/c1-18(2,3)25-17(24)22-13-14-23(8)16-11-9-15(10-12-16)21-26-19(4,5)20(6,7)27-21/h9-12H,13-14H2,1-8H3,(H,22,24). The number of benzene rings is 1. The molecule has 0 spiro atoms. The van der Waals surface area contributed by atoms with E-state index in [4.69, 9.17) is 14.0 Å². The van der Waals surface area contributed by atoms with Crippen LogP contribution in [-0.2, 0) is 14.0 Å². The van der Waals surface area contributed by atoms with E-state index in [9.17, 15) is 4.79 Å². The molecule has 27 heavy (non-hydrogen) atoms. The minimum Gasteiger partial charge on any atom is -0.444 e. The molecule has 6 nitrogen and oxygen atoms in total. The summed E-state index contributed by atoms with van der Waals surface area (Å²) in [4.78, 5) is 13.8. The second kappa shape index (κ2) is 7.72. The van der Waals surface area contributed by atoms with Crippen LogP contribution < -0.4 is 15.7 Å². The van der Waals surface area contributed by atoms with Crippen molar-refractivity contribution in [3.05, 3.63) is 24.3 Å². The normalized spacial score (nSPS) is 18.3. The van der Waals surface area contributed by atoms with Crippen molar-refractivity contribution < 1.29 is 18.8 Å². The first-order chi connectivity index (χ1) is 12.3. The molecule has 0 bridgehead atoms. The van der Waals surface area contributed by atoms with Crippen LogP contribution in [0.5, 0.6) is 0 Å². The Kier molecular flexibility index (Phi) is 6.17. The fourth-order valence-electron chi connectivity index (χ4n) is 2.63. The quantitative estimate of drug-likeness (QED) is 0.801. The first kappa shape index (κ1) is 21.6. The van der Waals surface area contributed by atoms with Gasteiger partial charge in [-0.25, -0.2) is 4.79 Å². The number of hydrogen-bond donors (Lipinski definition) is 1. The van der Waals surface area contributed by atoms with Crippen molar-refractivity contribution in [3.8, 4) is 0 Å². The lowest BCUT2D eigenvalue weighted by Crippen LogP contribution is -2.41. The van der Waals surface area contributed by atoms with Gasteiger partial charge in [0.2, 0.25) is 0 Å². The number of carbonyl (C=O) groups excluding carboxylic acids is 1. The van der Waals surface area contributed by atoms with E-state index in [-0.39, 0.29) is 18.3 Å². The zero-order valence-corrected chi connectivity index (χ0v) is 17.9. The number of nitrogens with one attached hydrogen (secondary N) is 1. The van der Waals surface area contributed by atoms with E-state index in [0.717, 1.165) is 11.2 Å². The summed E-state index contributed by atoms with van der Waals surface area (Å²) in [6.07, 6.45) is -0.396. The van der Waals surface area contributed by atoms with Gasteiger partial charge in [0.25, 0.3) is 0 Å². The van der Waals surface area contributed by atoms with Crippen molar-refractivity contribution in [1.82, 2.24) is 5.32 Å². The van der Waals surface area contributed by atoms with Crippen molar-refractivity contribution in [3.63, 3.8) is 0 Å². The molecule has 0 aromatic heterocycles. The summed E-state index contributed by atoms with van der Waals surface area (Å²) in [6.45, 7) is 14.9. The SMILES string of the molecule is CN(CCNC(=O)OC(C)(C)C)c1ccc(B2OC(C)(C)C(C)(C)O2)cc1. The smallest absolute Gasteiger partial charge is 0.444 e. The molecule has 0 unspecified atom stereocenters. The molecule has 150 valence electrons. The molecule has 1 saturated heterocycles. The molecule has 1 aliphatic heterocycles. The van der Waals surface area contributed by atoms with Crippen LogP contribution in [-0.4, -0.2) is 50.2 Å². The first-order valence-corrected chi connectivity index (χ1v) is 9.44. The number of amides is 1. The Morgan fingerprint density at radius 3 is 2.11 bits per heavy atom. The third kappa shape index (κ3) is 5.62. The van der Waals surface area contributed by atoms with Gasteiger partial charge in [-0.05, 0) is 66.1 Å². The van der Waals surface area contributed by atoms with Gasteiger partial charge in [-0.1, -0.05) is 12.1 Å². The maximum atomic E-state index is 11.7.